The number of carbonyl (C=O) groups excluding carboxylic acids is 2. The third-order valence-corrected chi connectivity index (χ3v) is 17.1. The Bertz CT molecular complexity index is 4320. The Balaban J connectivity index is 0.00000665. The number of aromatic hydroxyl groups is 1. The van der Waals surface area contributed by atoms with Crippen LogP contribution in [0.5, 0.6) is 17.2 Å². The molecule has 0 saturated heterocycles. The molecule has 0 fully saturated rings. The summed E-state index contributed by atoms with van der Waals surface area (Å²) in [6.45, 7) is 3.49. The summed E-state index contributed by atoms with van der Waals surface area (Å²) in [5.41, 5.74) is 7.57. The van der Waals surface area contributed by atoms with Gasteiger partial charge in [0.2, 0.25) is 5.36 Å². The lowest BCUT2D eigenvalue weighted by Crippen LogP contribution is -2.45. The van der Waals surface area contributed by atoms with Gasteiger partial charge in [-0.2, -0.15) is 0 Å². The van der Waals surface area contributed by atoms with Crippen LogP contribution >= 0.6 is 23.2 Å². The van der Waals surface area contributed by atoms with Crippen LogP contribution in [0.4, 0.5) is 5.69 Å². The lowest BCUT2D eigenvalue weighted by Gasteiger charge is -2.39. The first-order chi connectivity index (χ1) is 39.1. The Morgan fingerprint density at radius 2 is 1.37 bits per heavy atom. The minimum atomic E-state index is -1.35. The second kappa shape index (κ2) is 20.8. The highest BCUT2D eigenvalue weighted by Crippen LogP contribution is 2.51. The maximum absolute atomic E-state index is 14.2. The zero-order chi connectivity index (χ0) is 56.1. The smallest absolute Gasteiger partial charge is 0.337 e. The highest BCUT2D eigenvalue weighted by Gasteiger charge is 2.38. The molecule has 0 unspecified atom stereocenters. The van der Waals surface area contributed by atoms with Crippen LogP contribution in [-0.4, -0.2) is 76.3 Å². The van der Waals surface area contributed by atoms with Crippen molar-refractivity contribution in [3.8, 4) is 39.7 Å². The van der Waals surface area contributed by atoms with Gasteiger partial charge in [0, 0.05) is 99.4 Å². The molecule has 16 nitrogen and oxygen atoms in total. The summed E-state index contributed by atoms with van der Waals surface area (Å²) in [7, 11) is 0. The zero-order valence-electron chi connectivity index (χ0n) is 43.3. The number of carbonyl (C=O) groups is 5. The van der Waals surface area contributed by atoms with Crippen molar-refractivity contribution in [3.05, 3.63) is 194 Å². The molecule has 6 aromatic rings. The van der Waals surface area contributed by atoms with Crippen LogP contribution in [0.1, 0.15) is 129 Å². The summed E-state index contributed by atoms with van der Waals surface area (Å²) in [6.07, 6.45) is 7.23. The number of carboxylic acid groups (broad SMARTS) is 3. The molecule has 414 valence electrons. The van der Waals surface area contributed by atoms with E-state index >= 15 is 0 Å². The molecule has 82 heavy (non-hydrogen) atoms. The summed E-state index contributed by atoms with van der Waals surface area (Å²) >= 11 is 14.5. The number of rotatable bonds is 11. The first-order valence-corrected chi connectivity index (χ1v) is 27.6. The van der Waals surface area contributed by atoms with E-state index in [1.807, 2.05) is 0 Å². The number of amides is 2. The van der Waals surface area contributed by atoms with Crippen LogP contribution < -0.4 is 40.9 Å². The minimum absolute atomic E-state index is 0. The van der Waals surface area contributed by atoms with E-state index in [-0.39, 0.29) is 103 Å². The number of aryl methyl sites for hydroxylation is 2. The van der Waals surface area contributed by atoms with Crippen molar-refractivity contribution in [2.45, 2.75) is 71.9 Å². The number of nitrogens with zero attached hydrogens (tertiary/aromatic N) is 2. The Labute approximate surface area is 478 Å². The fourth-order valence-electron chi connectivity index (χ4n) is 12.9. The summed E-state index contributed by atoms with van der Waals surface area (Å²) in [5.74, 6) is -4.06. The molecule has 7 aliphatic rings. The van der Waals surface area contributed by atoms with Gasteiger partial charge in [0.15, 0.2) is 5.43 Å². The van der Waals surface area contributed by atoms with Gasteiger partial charge in [-0.3, -0.25) is 14.4 Å². The van der Waals surface area contributed by atoms with Crippen molar-refractivity contribution in [3.63, 3.8) is 0 Å². The molecule has 0 bridgehead atoms. The van der Waals surface area contributed by atoms with Crippen LogP contribution in [0.2, 0.25) is 10.0 Å². The Hall–Kier alpha value is -8.99. The van der Waals surface area contributed by atoms with E-state index in [1.165, 1.54) is 88.9 Å². The third-order valence-electron chi connectivity index (χ3n) is 16.4. The van der Waals surface area contributed by atoms with E-state index in [1.54, 1.807) is 12.1 Å². The highest BCUT2D eigenvalue weighted by atomic mass is 35.5. The second-order valence-corrected chi connectivity index (χ2v) is 21.9. The van der Waals surface area contributed by atoms with Crippen molar-refractivity contribution in [2.75, 3.05) is 31.1 Å². The number of halogens is 2. The van der Waals surface area contributed by atoms with Crippen molar-refractivity contribution >= 4 is 75.2 Å². The summed E-state index contributed by atoms with van der Waals surface area (Å²) in [5, 5.41) is 49.9. The average molecular weight is 1140 g/mol. The minimum Gasteiger partial charge on any atom is -0.507 e. The second-order valence-electron chi connectivity index (χ2n) is 21.1. The van der Waals surface area contributed by atoms with Crippen LogP contribution in [-0.2, 0) is 38.8 Å². The topological polar surface area (TPSA) is 236 Å². The molecule has 0 radical (unpaired) electrons. The molecule has 6 heterocycles. The van der Waals surface area contributed by atoms with Crippen LogP contribution in [0.3, 0.4) is 0 Å². The maximum Gasteiger partial charge on any atom is 0.337 e. The molecule has 0 saturated carbocycles. The van der Waals surface area contributed by atoms with Gasteiger partial charge in [0.1, 0.15) is 41.7 Å². The molecule has 0 spiro atoms. The predicted molar refractivity (Wildman–Crippen MR) is 309 cm³/mol. The molecular weight excluding hydrogens is 1090 g/mol. The van der Waals surface area contributed by atoms with Gasteiger partial charge in [0.25, 0.3) is 11.8 Å². The Kier molecular flexibility index (Phi) is 13.6. The van der Waals surface area contributed by atoms with Crippen LogP contribution in [0.15, 0.2) is 100 Å². The number of phenols is 1. The quantitative estimate of drug-likeness (QED) is 0.0523. The number of carboxylic acids is 3. The van der Waals surface area contributed by atoms with Crippen molar-refractivity contribution in [1.82, 2.24) is 15.2 Å². The lowest BCUT2D eigenvalue weighted by atomic mass is 9.81. The van der Waals surface area contributed by atoms with E-state index in [4.69, 9.17) is 32.4 Å². The lowest BCUT2D eigenvalue weighted by molar-refractivity contribution is 0.0682. The molecule has 6 aliphatic heterocycles. The van der Waals surface area contributed by atoms with Gasteiger partial charge in [-0.1, -0.05) is 42.8 Å². The number of benzene rings is 7. The summed E-state index contributed by atoms with van der Waals surface area (Å²) in [6, 6.07) is 22.3. The fourth-order valence-corrected chi connectivity index (χ4v) is 13.5. The Morgan fingerprint density at radius 3 is 2.12 bits per heavy atom. The SMILES string of the molecule is C.O=C(O)c1ccc(C(=O)O)c(-c2c3ccc(=O)cc-3oc3c(CNC(=O)c4ccc(CNC(=O)c5cc(Cl)c(C6=c7cc8c9c(c7Oc7c6cc6c%10c7CCCN%10CCC6)CCC[N+]=9CCC8)c(C(=O)O)c5Cl)cc4)c(O)ccc23)c1. The molecular formula is C64H53Cl2N4O12+. The van der Waals surface area contributed by atoms with Crippen molar-refractivity contribution in [1.29, 1.82) is 0 Å². The Morgan fingerprint density at radius 1 is 0.646 bits per heavy atom. The normalized spacial score (nSPS) is 14.6. The van der Waals surface area contributed by atoms with Gasteiger partial charge in [-0.25, -0.2) is 19.0 Å². The number of fused-ring (bicyclic) bond motifs is 6. The highest BCUT2D eigenvalue weighted by molar-refractivity contribution is 6.40. The zero-order valence-corrected chi connectivity index (χ0v) is 44.8. The number of nitrogens with one attached hydrogen (secondary N) is 2. The van der Waals surface area contributed by atoms with E-state index in [0.29, 0.717) is 28.2 Å². The summed E-state index contributed by atoms with van der Waals surface area (Å²) in [4.78, 5) is 81.1. The predicted octanol–water partition coefficient (Wildman–Crippen LogP) is 9.60. The molecule has 0 atom stereocenters. The molecule has 2 amide bonds. The van der Waals surface area contributed by atoms with E-state index in [9.17, 15) is 49.2 Å². The average Bonchev–Trinajstić information content (AvgIpc) is 3.58. The van der Waals surface area contributed by atoms with E-state index in [2.05, 4.69) is 32.2 Å². The van der Waals surface area contributed by atoms with E-state index in [0.717, 1.165) is 99.5 Å². The third kappa shape index (κ3) is 8.88. The van der Waals surface area contributed by atoms with Gasteiger partial charge in [0.05, 0.1) is 50.0 Å². The molecule has 13 rings (SSSR count). The fraction of sp³-hybridized carbons (Fsp3) is 0.234. The van der Waals surface area contributed by atoms with Crippen LogP contribution in [0.25, 0.3) is 39.0 Å². The molecule has 6 N–H and O–H groups in total. The number of anilines is 1. The standard InChI is InChI=1S/C63H48Cl2N4O12.CH4/c64-46-27-44(53(65)52(63(78)79)51(46)50-42-23-32-5-1-19-68-21-3-7-39(54(32)68)57(42)81-58-40-8-4-22-69-20-2-6-33(55(40)69)24-43(50)58)60(73)66-28-30-9-11-31(12-10-30)59(72)67-29-45-47(71)18-17-38-49(37-16-14-35(70)26-48(37)80-56(38)45)41-25-34(61(74)75)13-15-36(41)62(76)77;/h9-18,23-27H,1-8,19-22,28-29H2,(H5-,66,67,70,71,72,73,74,75,76,77,78,79);1H4/p+1. The number of aromatic carboxylic acids is 3. The van der Waals surface area contributed by atoms with Crippen molar-refractivity contribution in [2.24, 2.45) is 0 Å². The first kappa shape index (κ1) is 53.6. The molecule has 6 aromatic carbocycles. The largest absolute Gasteiger partial charge is 0.507 e. The van der Waals surface area contributed by atoms with Gasteiger partial charge >= 0.3 is 17.9 Å². The van der Waals surface area contributed by atoms with Crippen molar-refractivity contribution < 1.29 is 53.6 Å². The van der Waals surface area contributed by atoms with Crippen LogP contribution in [0, 0.1) is 0 Å². The van der Waals surface area contributed by atoms with Gasteiger partial charge in [-0.05, 0) is 128 Å². The van der Waals surface area contributed by atoms with Gasteiger partial charge in [-0.15, -0.1) is 0 Å². The number of hydrogen-bond acceptors (Lipinski definition) is 10. The monoisotopic (exact) mass is 1140 g/mol. The molecule has 1 aliphatic carbocycles. The maximum atomic E-state index is 14.2. The first-order valence-electron chi connectivity index (χ1n) is 26.8. The van der Waals surface area contributed by atoms with Gasteiger partial charge < -0.3 is 45.1 Å². The number of ether oxygens (including phenoxy) is 1. The molecule has 0 aromatic heterocycles. The van der Waals surface area contributed by atoms with E-state index < -0.39 is 35.2 Å². The number of phenolic OH excluding ortho intramolecular Hbond substituents is 1. The number of hydrogen-bond donors (Lipinski definition) is 6. The summed E-state index contributed by atoms with van der Waals surface area (Å²) < 4.78 is 15.8. The molecule has 18 heteroatoms.